The lowest BCUT2D eigenvalue weighted by atomic mass is 10.1. The Labute approximate surface area is 91.1 Å². The van der Waals surface area contributed by atoms with Gasteiger partial charge in [-0.15, -0.1) is 0 Å². The summed E-state index contributed by atoms with van der Waals surface area (Å²) in [6.45, 7) is 1.04. The zero-order chi connectivity index (χ0) is 11.1. The van der Waals surface area contributed by atoms with Gasteiger partial charge in [0, 0.05) is 24.4 Å². The summed E-state index contributed by atoms with van der Waals surface area (Å²) in [5.41, 5.74) is 0.724. The summed E-state index contributed by atoms with van der Waals surface area (Å²) < 4.78 is 0. The Balaban J connectivity index is 2.25. The summed E-state index contributed by atoms with van der Waals surface area (Å²) in [6, 6.07) is 3.62. The number of nitrogens with zero attached hydrogens (tertiary/aromatic N) is 2. The molecule has 0 amide bonds. The fourth-order valence-corrected chi connectivity index (χ4v) is 1.39. The summed E-state index contributed by atoms with van der Waals surface area (Å²) >= 11 is 0. The van der Waals surface area contributed by atoms with Crippen LogP contribution in [0.4, 0.5) is 0 Å². The van der Waals surface area contributed by atoms with E-state index in [0.29, 0.717) is 6.42 Å². The van der Waals surface area contributed by atoms with Crippen LogP contribution >= 0.6 is 0 Å². The molecular weight excluding hydrogens is 188 g/mol. The van der Waals surface area contributed by atoms with Crippen LogP contribution < -0.4 is 0 Å². The van der Waals surface area contributed by atoms with Gasteiger partial charge in [0.1, 0.15) is 0 Å². The number of aromatic nitrogens is 1. The smallest absolute Gasteiger partial charge is 0.164 e. The van der Waals surface area contributed by atoms with Crippen molar-refractivity contribution in [2.24, 2.45) is 0 Å². The van der Waals surface area contributed by atoms with Crippen molar-refractivity contribution in [3.05, 3.63) is 30.1 Å². The number of hydrogen-bond acceptors (Lipinski definition) is 3. The molecule has 0 N–H and O–H groups in total. The van der Waals surface area contributed by atoms with Crippen LogP contribution in [0.3, 0.4) is 0 Å². The van der Waals surface area contributed by atoms with Gasteiger partial charge < -0.3 is 4.90 Å². The maximum Gasteiger partial charge on any atom is 0.164 e. The number of unbranched alkanes of at least 4 members (excludes halogenated alkanes) is 1. The number of carbonyl (C=O) groups is 1. The third-order valence-electron chi connectivity index (χ3n) is 2.24. The molecule has 82 valence electrons. The highest BCUT2D eigenvalue weighted by Gasteiger charge is 2.04. The third-order valence-corrected chi connectivity index (χ3v) is 2.24. The predicted molar refractivity (Wildman–Crippen MR) is 61.0 cm³/mol. The number of hydrogen-bond donors (Lipinski definition) is 0. The standard InChI is InChI=1S/C12H18N2O/c1-14(2)9-4-3-7-12(15)11-6-5-8-13-10-11/h5-6,8,10H,3-4,7,9H2,1-2H3. The summed E-state index contributed by atoms with van der Waals surface area (Å²) in [4.78, 5) is 17.7. The predicted octanol–water partition coefficient (Wildman–Crippen LogP) is 2.00. The minimum absolute atomic E-state index is 0.196. The molecule has 0 spiro atoms. The van der Waals surface area contributed by atoms with E-state index in [0.717, 1.165) is 24.9 Å². The van der Waals surface area contributed by atoms with Crippen molar-refractivity contribution in [3.8, 4) is 0 Å². The minimum Gasteiger partial charge on any atom is -0.309 e. The van der Waals surface area contributed by atoms with Crippen LogP contribution in [0.15, 0.2) is 24.5 Å². The van der Waals surface area contributed by atoms with Crippen LogP contribution in [0.5, 0.6) is 0 Å². The Kier molecular flexibility index (Phi) is 4.98. The molecule has 0 saturated carbocycles. The van der Waals surface area contributed by atoms with Gasteiger partial charge in [-0.25, -0.2) is 0 Å². The van der Waals surface area contributed by atoms with Gasteiger partial charge in [0.2, 0.25) is 0 Å². The van der Waals surface area contributed by atoms with E-state index in [1.54, 1.807) is 18.5 Å². The second kappa shape index (κ2) is 6.30. The maximum absolute atomic E-state index is 11.6. The highest BCUT2D eigenvalue weighted by atomic mass is 16.1. The van der Waals surface area contributed by atoms with Crippen LogP contribution in [0.25, 0.3) is 0 Å². The van der Waals surface area contributed by atoms with Crippen molar-refractivity contribution in [2.75, 3.05) is 20.6 Å². The Morgan fingerprint density at radius 2 is 2.20 bits per heavy atom. The molecule has 0 saturated heterocycles. The van der Waals surface area contributed by atoms with E-state index in [1.807, 2.05) is 20.2 Å². The first-order chi connectivity index (χ1) is 7.20. The van der Waals surface area contributed by atoms with Crippen molar-refractivity contribution >= 4 is 5.78 Å². The monoisotopic (exact) mass is 206 g/mol. The topological polar surface area (TPSA) is 33.2 Å². The van der Waals surface area contributed by atoms with Gasteiger partial charge in [0.15, 0.2) is 5.78 Å². The van der Waals surface area contributed by atoms with Crippen molar-refractivity contribution in [2.45, 2.75) is 19.3 Å². The molecule has 1 aromatic heterocycles. The van der Waals surface area contributed by atoms with Crippen LogP contribution in [-0.4, -0.2) is 36.3 Å². The van der Waals surface area contributed by atoms with E-state index in [-0.39, 0.29) is 5.78 Å². The molecule has 0 aliphatic heterocycles. The molecule has 0 aliphatic rings. The van der Waals surface area contributed by atoms with Crippen LogP contribution in [0.1, 0.15) is 29.6 Å². The summed E-state index contributed by atoms with van der Waals surface area (Å²) in [6.07, 6.45) is 5.96. The molecule has 0 bridgehead atoms. The largest absolute Gasteiger partial charge is 0.309 e. The lowest BCUT2D eigenvalue weighted by Gasteiger charge is -2.08. The summed E-state index contributed by atoms with van der Waals surface area (Å²) in [5, 5.41) is 0. The second-order valence-corrected chi connectivity index (χ2v) is 3.93. The van der Waals surface area contributed by atoms with E-state index >= 15 is 0 Å². The molecule has 0 atom stereocenters. The number of carbonyl (C=O) groups excluding carboxylic acids is 1. The van der Waals surface area contributed by atoms with Crippen LogP contribution in [0, 0.1) is 0 Å². The van der Waals surface area contributed by atoms with E-state index in [1.165, 1.54) is 0 Å². The van der Waals surface area contributed by atoms with Gasteiger partial charge in [-0.05, 0) is 45.6 Å². The molecule has 0 radical (unpaired) electrons. The fraction of sp³-hybridized carbons (Fsp3) is 0.500. The highest BCUT2D eigenvalue weighted by molar-refractivity contribution is 5.95. The fourth-order valence-electron chi connectivity index (χ4n) is 1.39. The van der Waals surface area contributed by atoms with E-state index in [4.69, 9.17) is 0 Å². The zero-order valence-electron chi connectivity index (χ0n) is 9.44. The Hall–Kier alpha value is -1.22. The number of pyridine rings is 1. The molecule has 1 aromatic rings. The molecule has 15 heavy (non-hydrogen) atoms. The highest BCUT2D eigenvalue weighted by Crippen LogP contribution is 2.05. The second-order valence-electron chi connectivity index (χ2n) is 3.93. The van der Waals surface area contributed by atoms with Gasteiger partial charge in [0.05, 0.1) is 0 Å². The summed E-state index contributed by atoms with van der Waals surface area (Å²) in [7, 11) is 4.09. The van der Waals surface area contributed by atoms with E-state index < -0.39 is 0 Å². The Bertz CT molecular complexity index is 296. The molecule has 0 aliphatic carbocycles. The number of Topliss-reactive ketones (excluding diaryl/α,β-unsaturated/α-hetero) is 1. The molecule has 0 unspecified atom stereocenters. The van der Waals surface area contributed by atoms with Gasteiger partial charge in [0.25, 0.3) is 0 Å². The number of ketones is 1. The molecule has 0 aromatic carbocycles. The van der Waals surface area contributed by atoms with Crippen molar-refractivity contribution in [3.63, 3.8) is 0 Å². The minimum atomic E-state index is 0.196. The molecule has 1 rings (SSSR count). The molecule has 0 fully saturated rings. The molecule has 3 heteroatoms. The average molecular weight is 206 g/mol. The molecule has 1 heterocycles. The van der Waals surface area contributed by atoms with Crippen LogP contribution in [-0.2, 0) is 0 Å². The normalized spacial score (nSPS) is 10.6. The molecular formula is C12H18N2O. The van der Waals surface area contributed by atoms with Crippen molar-refractivity contribution in [1.29, 1.82) is 0 Å². The first kappa shape index (κ1) is 11.9. The average Bonchev–Trinajstić information content (AvgIpc) is 2.25. The Morgan fingerprint density at radius 1 is 1.40 bits per heavy atom. The third kappa shape index (κ3) is 4.70. The Morgan fingerprint density at radius 3 is 2.80 bits per heavy atom. The van der Waals surface area contributed by atoms with Gasteiger partial charge >= 0.3 is 0 Å². The number of rotatable bonds is 6. The summed E-state index contributed by atoms with van der Waals surface area (Å²) in [5.74, 6) is 0.196. The molecule has 3 nitrogen and oxygen atoms in total. The van der Waals surface area contributed by atoms with E-state index in [9.17, 15) is 4.79 Å². The first-order valence-corrected chi connectivity index (χ1v) is 5.28. The van der Waals surface area contributed by atoms with Crippen LogP contribution in [0.2, 0.25) is 0 Å². The lowest BCUT2D eigenvalue weighted by molar-refractivity contribution is 0.0978. The van der Waals surface area contributed by atoms with Crippen molar-refractivity contribution < 1.29 is 4.79 Å². The SMILES string of the molecule is CN(C)CCCCC(=O)c1cccnc1. The maximum atomic E-state index is 11.6. The quantitative estimate of drug-likeness (QED) is 0.527. The first-order valence-electron chi connectivity index (χ1n) is 5.28. The zero-order valence-corrected chi connectivity index (χ0v) is 9.44. The van der Waals surface area contributed by atoms with Gasteiger partial charge in [-0.2, -0.15) is 0 Å². The van der Waals surface area contributed by atoms with Gasteiger partial charge in [-0.1, -0.05) is 0 Å². The van der Waals surface area contributed by atoms with Crippen molar-refractivity contribution in [1.82, 2.24) is 9.88 Å². The van der Waals surface area contributed by atoms with E-state index in [2.05, 4.69) is 9.88 Å². The van der Waals surface area contributed by atoms with Gasteiger partial charge in [-0.3, -0.25) is 9.78 Å². The lowest BCUT2D eigenvalue weighted by Crippen LogP contribution is -2.13.